The second-order valence-electron chi connectivity index (χ2n) is 12.1. The van der Waals surface area contributed by atoms with Crippen molar-refractivity contribution in [2.45, 2.75) is 116 Å². The number of esters is 2. The zero-order chi connectivity index (χ0) is 27.0. The molecule has 204 valence electrons. The highest BCUT2D eigenvalue weighted by molar-refractivity contribution is 5.73. The molecule has 35 heavy (non-hydrogen) atoms. The first-order valence-corrected chi connectivity index (χ1v) is 12.3. The van der Waals surface area contributed by atoms with Gasteiger partial charge in [-0.05, 0) is 91.9 Å². The molecule has 2 aliphatic carbocycles. The minimum absolute atomic E-state index is 0.0602. The first kappa shape index (κ1) is 29.7. The Hall–Kier alpha value is -1.48. The summed E-state index contributed by atoms with van der Waals surface area (Å²) in [6.45, 7) is 9.58. The van der Waals surface area contributed by atoms with E-state index < -0.39 is 77.4 Å². The number of alkyl halides is 6. The predicted octanol–water partition coefficient (Wildman–Crippen LogP) is 7.39. The standard InChI is InChI=1S/C25H38F6O4/c1-21(2,3)34-19(32)15-9-7-11-17(13-15)23(24(26,27)28,25(29,30)31)18-12-8-10-16(14-18)20(33)35-22(4,5)6/h15-18H,7-14H2,1-6H3. The van der Waals surface area contributed by atoms with Crippen molar-refractivity contribution in [1.82, 2.24) is 0 Å². The van der Waals surface area contributed by atoms with Crippen molar-refractivity contribution in [3.05, 3.63) is 0 Å². The third kappa shape index (κ3) is 6.85. The highest BCUT2D eigenvalue weighted by Crippen LogP contribution is 2.65. The van der Waals surface area contributed by atoms with E-state index in [0.29, 0.717) is 0 Å². The summed E-state index contributed by atoms with van der Waals surface area (Å²) in [4.78, 5) is 25.2. The zero-order valence-corrected chi connectivity index (χ0v) is 21.4. The predicted molar refractivity (Wildman–Crippen MR) is 117 cm³/mol. The third-order valence-electron chi connectivity index (χ3n) is 7.05. The molecule has 0 spiro atoms. The number of rotatable bonds is 4. The average Bonchev–Trinajstić information content (AvgIpc) is 2.64. The molecular formula is C25H38F6O4. The summed E-state index contributed by atoms with van der Waals surface area (Å²) in [5.74, 6) is -7.29. The summed E-state index contributed by atoms with van der Waals surface area (Å²) >= 11 is 0. The van der Waals surface area contributed by atoms with Crippen LogP contribution in [0.15, 0.2) is 0 Å². The number of hydrogen-bond donors (Lipinski definition) is 0. The fourth-order valence-electron chi connectivity index (χ4n) is 5.82. The van der Waals surface area contributed by atoms with Gasteiger partial charge in [0.25, 0.3) is 0 Å². The lowest BCUT2D eigenvalue weighted by Crippen LogP contribution is -2.61. The van der Waals surface area contributed by atoms with Gasteiger partial charge >= 0.3 is 24.3 Å². The van der Waals surface area contributed by atoms with E-state index >= 15 is 0 Å². The van der Waals surface area contributed by atoms with Crippen molar-refractivity contribution < 1.29 is 45.4 Å². The lowest BCUT2D eigenvalue weighted by atomic mass is 9.55. The van der Waals surface area contributed by atoms with E-state index in [1.54, 1.807) is 41.5 Å². The van der Waals surface area contributed by atoms with E-state index in [-0.39, 0.29) is 38.5 Å². The zero-order valence-electron chi connectivity index (χ0n) is 21.4. The molecule has 0 aromatic carbocycles. The van der Waals surface area contributed by atoms with Crippen LogP contribution in [-0.2, 0) is 19.1 Å². The van der Waals surface area contributed by atoms with Crippen LogP contribution >= 0.6 is 0 Å². The van der Waals surface area contributed by atoms with Crippen LogP contribution < -0.4 is 0 Å². The van der Waals surface area contributed by atoms with E-state index in [9.17, 15) is 35.9 Å². The van der Waals surface area contributed by atoms with Gasteiger partial charge in [0, 0.05) is 0 Å². The monoisotopic (exact) mass is 516 g/mol. The van der Waals surface area contributed by atoms with Crippen LogP contribution in [0.1, 0.15) is 92.9 Å². The molecule has 0 bridgehead atoms. The van der Waals surface area contributed by atoms with Gasteiger partial charge in [0.05, 0.1) is 11.8 Å². The van der Waals surface area contributed by atoms with Gasteiger partial charge in [-0.15, -0.1) is 0 Å². The molecule has 2 saturated carbocycles. The van der Waals surface area contributed by atoms with E-state index in [0.717, 1.165) is 0 Å². The minimum Gasteiger partial charge on any atom is -0.460 e. The van der Waals surface area contributed by atoms with E-state index in [4.69, 9.17) is 9.47 Å². The normalized spacial score (nSPS) is 27.3. The first-order valence-electron chi connectivity index (χ1n) is 12.3. The lowest BCUT2D eigenvalue weighted by molar-refractivity contribution is -0.383. The van der Waals surface area contributed by atoms with E-state index in [1.807, 2.05) is 0 Å². The van der Waals surface area contributed by atoms with Gasteiger partial charge in [-0.25, -0.2) is 0 Å². The summed E-state index contributed by atoms with van der Waals surface area (Å²) in [6, 6.07) is 0. The Bertz CT molecular complexity index is 696. The minimum atomic E-state index is -5.60. The molecule has 0 saturated heterocycles. The van der Waals surface area contributed by atoms with Gasteiger partial charge < -0.3 is 9.47 Å². The van der Waals surface area contributed by atoms with E-state index in [1.165, 1.54) is 0 Å². The first-order chi connectivity index (χ1) is 15.7. The smallest absolute Gasteiger partial charge is 0.403 e. The summed E-state index contributed by atoms with van der Waals surface area (Å²) in [5.41, 5.74) is -5.82. The number of carbonyl (C=O) groups is 2. The fourth-order valence-corrected chi connectivity index (χ4v) is 5.82. The Morgan fingerprint density at radius 1 is 0.600 bits per heavy atom. The molecule has 4 atom stereocenters. The topological polar surface area (TPSA) is 52.6 Å². The largest absolute Gasteiger partial charge is 0.460 e. The number of hydrogen-bond acceptors (Lipinski definition) is 4. The van der Waals surface area contributed by atoms with Crippen LogP contribution in [-0.4, -0.2) is 35.5 Å². The highest BCUT2D eigenvalue weighted by atomic mass is 19.4. The molecule has 4 nitrogen and oxygen atoms in total. The summed E-state index contributed by atoms with van der Waals surface area (Å²) < 4.78 is 98.7. The Balaban J connectivity index is 2.46. The summed E-state index contributed by atoms with van der Waals surface area (Å²) in [6.07, 6.45) is -12.4. The highest BCUT2D eigenvalue weighted by Gasteiger charge is 2.76. The SMILES string of the molecule is CC(C)(C)OC(=O)C1CCCC(C(C2CCCC(C(=O)OC(C)(C)C)C2)(C(F)(F)F)C(F)(F)F)C1. The van der Waals surface area contributed by atoms with E-state index in [2.05, 4.69) is 0 Å². The second-order valence-corrected chi connectivity index (χ2v) is 12.1. The van der Waals surface area contributed by atoms with Crippen LogP contribution in [0.2, 0.25) is 0 Å². The maximum Gasteiger partial charge on any atom is 0.403 e. The molecule has 10 heteroatoms. The van der Waals surface area contributed by atoms with Crippen LogP contribution in [0.3, 0.4) is 0 Å². The van der Waals surface area contributed by atoms with Crippen molar-refractivity contribution in [2.24, 2.45) is 29.1 Å². The molecule has 4 unspecified atom stereocenters. The molecule has 0 aliphatic heterocycles. The van der Waals surface area contributed by atoms with Gasteiger partial charge in [0.15, 0.2) is 5.41 Å². The third-order valence-corrected chi connectivity index (χ3v) is 7.05. The molecule has 0 N–H and O–H groups in total. The second kappa shape index (κ2) is 10.1. The quantitative estimate of drug-likeness (QED) is 0.289. The maximum atomic E-state index is 14.7. The maximum absolute atomic E-state index is 14.7. The summed E-state index contributed by atoms with van der Waals surface area (Å²) in [7, 11) is 0. The molecule has 2 rings (SSSR count). The Morgan fingerprint density at radius 2 is 0.914 bits per heavy atom. The van der Waals surface area contributed by atoms with Crippen LogP contribution in [0, 0.1) is 29.1 Å². The number of halogens is 6. The average molecular weight is 517 g/mol. The Labute approximate surface area is 203 Å². The van der Waals surface area contributed by atoms with Gasteiger partial charge in [-0.3, -0.25) is 9.59 Å². The molecule has 0 heterocycles. The number of ether oxygens (including phenoxy) is 2. The van der Waals surface area contributed by atoms with Crippen LogP contribution in [0.25, 0.3) is 0 Å². The van der Waals surface area contributed by atoms with Crippen molar-refractivity contribution in [3.8, 4) is 0 Å². The molecule has 2 aliphatic rings. The van der Waals surface area contributed by atoms with Gasteiger partial charge in [-0.1, -0.05) is 12.8 Å². The Kier molecular flexibility index (Phi) is 8.60. The van der Waals surface area contributed by atoms with Gasteiger partial charge in [0.2, 0.25) is 0 Å². The molecule has 2 fully saturated rings. The Morgan fingerprint density at radius 3 is 1.17 bits per heavy atom. The molecule has 0 aromatic heterocycles. The lowest BCUT2D eigenvalue weighted by Gasteiger charge is -2.51. The van der Waals surface area contributed by atoms with Crippen molar-refractivity contribution in [2.75, 3.05) is 0 Å². The van der Waals surface area contributed by atoms with Crippen LogP contribution in [0.4, 0.5) is 26.3 Å². The van der Waals surface area contributed by atoms with Gasteiger partial charge in [-0.2, -0.15) is 26.3 Å². The molecule has 0 radical (unpaired) electrons. The molecule has 0 aromatic rings. The molecule has 0 amide bonds. The van der Waals surface area contributed by atoms with Crippen molar-refractivity contribution in [3.63, 3.8) is 0 Å². The van der Waals surface area contributed by atoms with Gasteiger partial charge in [0.1, 0.15) is 11.2 Å². The van der Waals surface area contributed by atoms with Crippen LogP contribution in [0.5, 0.6) is 0 Å². The van der Waals surface area contributed by atoms with Crippen molar-refractivity contribution in [1.29, 1.82) is 0 Å². The summed E-state index contributed by atoms with van der Waals surface area (Å²) in [5, 5.41) is 0. The van der Waals surface area contributed by atoms with Crippen molar-refractivity contribution >= 4 is 11.9 Å². The number of carbonyl (C=O) groups excluding carboxylic acids is 2. The molecular weight excluding hydrogens is 478 g/mol. The fraction of sp³-hybridized carbons (Fsp3) is 0.920.